The molecule has 0 aliphatic carbocycles. The van der Waals surface area contributed by atoms with E-state index in [1.54, 1.807) is 31.4 Å². The summed E-state index contributed by atoms with van der Waals surface area (Å²) in [6.07, 6.45) is 2.82. The summed E-state index contributed by atoms with van der Waals surface area (Å²) in [5.41, 5.74) is 0.745. The van der Waals surface area contributed by atoms with Crippen LogP contribution in [0.2, 0.25) is 0 Å². The van der Waals surface area contributed by atoms with Gasteiger partial charge in [0.2, 0.25) is 11.8 Å². The van der Waals surface area contributed by atoms with Crippen molar-refractivity contribution in [2.45, 2.75) is 19.4 Å². The van der Waals surface area contributed by atoms with E-state index in [1.165, 1.54) is 18.1 Å². The lowest BCUT2D eigenvalue weighted by Gasteiger charge is -2.33. The Hall–Kier alpha value is -3.03. The third-order valence-corrected chi connectivity index (χ3v) is 4.11. The molecule has 0 saturated carbocycles. The van der Waals surface area contributed by atoms with Crippen molar-refractivity contribution < 1.29 is 28.6 Å². The van der Waals surface area contributed by atoms with Crippen LogP contribution in [-0.2, 0) is 19.1 Å². The van der Waals surface area contributed by atoms with Gasteiger partial charge in [-0.15, -0.1) is 0 Å². The van der Waals surface area contributed by atoms with Gasteiger partial charge in [0.25, 0.3) is 0 Å². The van der Waals surface area contributed by atoms with Gasteiger partial charge in [0.15, 0.2) is 11.5 Å². The number of amides is 2. The van der Waals surface area contributed by atoms with Crippen molar-refractivity contribution in [3.8, 4) is 11.5 Å². The number of hydrogen-bond acceptors (Lipinski definition) is 6. The van der Waals surface area contributed by atoms with Crippen LogP contribution in [0.3, 0.4) is 0 Å². The normalized spacial score (nSPS) is 16.8. The molecule has 1 aliphatic heterocycles. The number of esters is 1. The quantitative estimate of drug-likeness (QED) is 0.564. The van der Waals surface area contributed by atoms with Crippen LogP contribution >= 0.6 is 0 Å². The molecule has 1 N–H and O–H groups in total. The molecule has 2 amide bonds. The van der Waals surface area contributed by atoms with Crippen LogP contribution in [-0.4, -0.2) is 62.6 Å². The number of nitrogens with zero attached hydrogens (tertiary/aromatic N) is 1. The molecule has 8 heteroatoms. The summed E-state index contributed by atoms with van der Waals surface area (Å²) >= 11 is 0. The minimum atomic E-state index is -0.877. The molecule has 0 aromatic heterocycles. The average Bonchev–Trinajstić information content (AvgIpc) is 2.68. The summed E-state index contributed by atoms with van der Waals surface area (Å²) in [5.74, 6) is -0.0838. The summed E-state index contributed by atoms with van der Waals surface area (Å²) in [4.78, 5) is 37.5. The number of benzene rings is 1. The molecule has 0 radical (unpaired) electrons. The van der Waals surface area contributed by atoms with Crippen LogP contribution in [0.4, 0.5) is 0 Å². The highest BCUT2D eigenvalue weighted by Gasteiger charge is 2.34. The molecule has 27 heavy (non-hydrogen) atoms. The zero-order valence-corrected chi connectivity index (χ0v) is 15.7. The second kappa shape index (κ2) is 9.61. The second-order valence-corrected chi connectivity index (χ2v) is 5.80. The van der Waals surface area contributed by atoms with Gasteiger partial charge in [-0.25, -0.2) is 0 Å². The molecule has 1 atom stereocenters. The Kier molecular flexibility index (Phi) is 7.22. The Morgan fingerprint density at radius 1 is 1.30 bits per heavy atom. The van der Waals surface area contributed by atoms with Gasteiger partial charge in [0.05, 0.1) is 27.2 Å². The Morgan fingerprint density at radius 2 is 2.07 bits per heavy atom. The van der Waals surface area contributed by atoms with Crippen molar-refractivity contribution in [1.82, 2.24) is 10.2 Å². The van der Waals surface area contributed by atoms with Gasteiger partial charge < -0.3 is 24.4 Å². The van der Waals surface area contributed by atoms with Crippen molar-refractivity contribution in [1.29, 1.82) is 0 Å². The number of rotatable bonds is 7. The third-order valence-electron chi connectivity index (χ3n) is 4.11. The van der Waals surface area contributed by atoms with Gasteiger partial charge in [-0.3, -0.25) is 14.4 Å². The lowest BCUT2D eigenvalue weighted by atomic mass is 10.1. The van der Waals surface area contributed by atoms with Crippen molar-refractivity contribution in [3.63, 3.8) is 0 Å². The predicted octanol–water partition coefficient (Wildman–Crippen LogP) is 0.997. The molecule has 1 heterocycles. The van der Waals surface area contributed by atoms with Crippen LogP contribution in [0.15, 0.2) is 24.3 Å². The van der Waals surface area contributed by atoms with E-state index < -0.39 is 12.0 Å². The number of hydrogen-bond donors (Lipinski definition) is 1. The molecule has 2 rings (SSSR count). The maximum atomic E-state index is 12.6. The summed E-state index contributed by atoms with van der Waals surface area (Å²) < 4.78 is 15.4. The van der Waals surface area contributed by atoms with E-state index >= 15 is 0 Å². The zero-order chi connectivity index (χ0) is 19.8. The van der Waals surface area contributed by atoms with Gasteiger partial charge in [-0.2, -0.15) is 0 Å². The largest absolute Gasteiger partial charge is 0.493 e. The summed E-state index contributed by atoms with van der Waals surface area (Å²) in [7, 11) is 2.79. The van der Waals surface area contributed by atoms with E-state index in [4.69, 9.17) is 9.47 Å². The van der Waals surface area contributed by atoms with Gasteiger partial charge in [0.1, 0.15) is 6.04 Å². The second-order valence-electron chi connectivity index (χ2n) is 5.80. The molecule has 1 aromatic carbocycles. The number of carbonyl (C=O) groups is 3. The topological polar surface area (TPSA) is 94.2 Å². The molecule has 0 unspecified atom stereocenters. The highest BCUT2D eigenvalue weighted by Crippen LogP contribution is 2.28. The Bertz CT molecular complexity index is 731. The van der Waals surface area contributed by atoms with Crippen LogP contribution in [0.25, 0.3) is 6.08 Å². The summed E-state index contributed by atoms with van der Waals surface area (Å²) in [5, 5.41) is 2.66. The molecule has 0 bridgehead atoms. The minimum absolute atomic E-state index is 0.182. The van der Waals surface area contributed by atoms with Crippen LogP contribution in [0, 0.1) is 0 Å². The van der Waals surface area contributed by atoms with E-state index in [0.717, 1.165) is 5.56 Å². The smallest absolute Gasteiger partial charge is 0.308 e. The van der Waals surface area contributed by atoms with E-state index in [-0.39, 0.29) is 18.2 Å². The maximum Gasteiger partial charge on any atom is 0.308 e. The monoisotopic (exact) mass is 376 g/mol. The standard InChI is InChI=1S/C19H24N2O6/c1-4-27-15-7-5-13(11-16(15)25-2)6-8-17(22)21-10-9-20-19(24)14(21)12-18(23)26-3/h5-8,11,14H,4,9-10,12H2,1-3H3,(H,20,24)/b8-6+/t14-/m1/s1. The van der Waals surface area contributed by atoms with Crippen molar-refractivity contribution in [2.24, 2.45) is 0 Å². The van der Waals surface area contributed by atoms with E-state index in [0.29, 0.717) is 31.2 Å². The highest BCUT2D eigenvalue weighted by atomic mass is 16.5. The zero-order valence-electron chi connectivity index (χ0n) is 15.7. The lowest BCUT2D eigenvalue weighted by Crippen LogP contribution is -2.57. The van der Waals surface area contributed by atoms with Crippen molar-refractivity contribution in [2.75, 3.05) is 33.9 Å². The van der Waals surface area contributed by atoms with Crippen LogP contribution in [0.1, 0.15) is 18.9 Å². The molecular formula is C19H24N2O6. The van der Waals surface area contributed by atoms with Crippen molar-refractivity contribution in [3.05, 3.63) is 29.8 Å². The predicted molar refractivity (Wildman–Crippen MR) is 98.3 cm³/mol. The molecule has 0 spiro atoms. The summed E-state index contributed by atoms with van der Waals surface area (Å²) in [6, 6.07) is 4.44. The fraction of sp³-hybridized carbons (Fsp3) is 0.421. The van der Waals surface area contributed by atoms with Gasteiger partial charge >= 0.3 is 5.97 Å². The Balaban J connectivity index is 2.14. The molecule has 146 valence electrons. The van der Waals surface area contributed by atoms with Gasteiger partial charge in [0, 0.05) is 19.2 Å². The van der Waals surface area contributed by atoms with Crippen LogP contribution < -0.4 is 14.8 Å². The molecule has 1 aromatic rings. The molecule has 1 saturated heterocycles. The molecular weight excluding hydrogens is 352 g/mol. The number of ether oxygens (including phenoxy) is 3. The highest BCUT2D eigenvalue weighted by molar-refractivity contribution is 5.97. The fourth-order valence-corrected chi connectivity index (χ4v) is 2.75. The first-order valence-electron chi connectivity index (χ1n) is 8.64. The fourth-order valence-electron chi connectivity index (χ4n) is 2.75. The first kappa shape index (κ1) is 20.3. The molecule has 1 fully saturated rings. The van der Waals surface area contributed by atoms with Gasteiger partial charge in [-0.1, -0.05) is 6.07 Å². The Morgan fingerprint density at radius 3 is 2.74 bits per heavy atom. The number of piperazine rings is 1. The third kappa shape index (κ3) is 5.22. The van der Waals surface area contributed by atoms with E-state index in [2.05, 4.69) is 10.1 Å². The van der Waals surface area contributed by atoms with Gasteiger partial charge in [-0.05, 0) is 30.7 Å². The van der Waals surface area contributed by atoms with E-state index in [9.17, 15) is 14.4 Å². The lowest BCUT2D eigenvalue weighted by molar-refractivity contribution is -0.148. The average molecular weight is 376 g/mol. The van der Waals surface area contributed by atoms with Crippen molar-refractivity contribution >= 4 is 23.9 Å². The first-order valence-corrected chi connectivity index (χ1v) is 8.64. The maximum absolute atomic E-state index is 12.6. The SMILES string of the molecule is CCOc1ccc(/C=C/C(=O)N2CCNC(=O)[C@H]2CC(=O)OC)cc1OC. The number of nitrogens with one attached hydrogen (secondary N) is 1. The minimum Gasteiger partial charge on any atom is -0.493 e. The summed E-state index contributed by atoms with van der Waals surface area (Å²) in [6.45, 7) is 3.06. The molecule has 8 nitrogen and oxygen atoms in total. The Labute approximate surface area is 158 Å². The molecule has 1 aliphatic rings. The number of carbonyl (C=O) groups excluding carboxylic acids is 3. The van der Waals surface area contributed by atoms with Crippen LogP contribution in [0.5, 0.6) is 11.5 Å². The first-order chi connectivity index (χ1) is 13.0. The number of methoxy groups -OCH3 is 2. The van der Waals surface area contributed by atoms with E-state index in [1.807, 2.05) is 6.92 Å².